The number of carbonyl (C=O) groups is 1. The molecule has 0 saturated heterocycles. The molecule has 3 aromatic rings. The number of fused-ring (bicyclic) bond motifs is 2. The van der Waals surface area contributed by atoms with E-state index >= 15 is 0 Å². The van der Waals surface area contributed by atoms with Crippen LogP contribution in [0.3, 0.4) is 0 Å². The van der Waals surface area contributed by atoms with Crippen molar-refractivity contribution in [1.29, 1.82) is 0 Å². The summed E-state index contributed by atoms with van der Waals surface area (Å²) in [4.78, 5) is 31.6. The Kier molecular flexibility index (Phi) is 5.97. The fourth-order valence-corrected chi connectivity index (χ4v) is 5.31. The summed E-state index contributed by atoms with van der Waals surface area (Å²) in [5.74, 6) is 0.598. The lowest BCUT2D eigenvalue weighted by Crippen LogP contribution is -2.39. The summed E-state index contributed by atoms with van der Waals surface area (Å²) in [6.07, 6.45) is 1.69. The lowest BCUT2D eigenvalue weighted by molar-refractivity contribution is -0.139. The molecule has 1 aromatic heterocycles. The molecule has 3 heterocycles. The number of esters is 1. The number of ether oxygens (including phenoxy) is 3. The van der Waals surface area contributed by atoms with Gasteiger partial charge in [-0.15, -0.1) is 0 Å². The van der Waals surface area contributed by atoms with Gasteiger partial charge in [-0.2, -0.15) is 0 Å². The van der Waals surface area contributed by atoms with Crippen molar-refractivity contribution < 1.29 is 19.0 Å². The molecule has 0 amide bonds. The highest BCUT2D eigenvalue weighted by atomic mass is 35.5. The fourth-order valence-electron chi connectivity index (χ4n) is 3.94. The zero-order valence-corrected chi connectivity index (χ0v) is 20.5. The molecule has 0 saturated carbocycles. The van der Waals surface area contributed by atoms with Crippen molar-refractivity contribution in [1.82, 2.24) is 4.57 Å². The first-order chi connectivity index (χ1) is 16.4. The van der Waals surface area contributed by atoms with E-state index in [4.69, 9.17) is 37.4 Å². The van der Waals surface area contributed by atoms with E-state index in [9.17, 15) is 9.59 Å². The lowest BCUT2D eigenvalue weighted by Gasteiger charge is -2.24. The number of thiazole rings is 1. The minimum Gasteiger partial charge on any atom is -0.463 e. The standard InChI is InChI=1S/C24H18Cl2N2O5S/c1-3-31-23(30)20-12(2)27-24-28(21(20)13-4-6-15(25)7-5-13)22(29)19(34-24)9-14-8-17-18(10-16(14)26)33-11-32-17/h4-10,21H,3,11H2,1-2H3. The average molecular weight is 517 g/mol. The summed E-state index contributed by atoms with van der Waals surface area (Å²) >= 11 is 13.7. The maximum absolute atomic E-state index is 13.6. The van der Waals surface area contributed by atoms with Gasteiger partial charge >= 0.3 is 5.97 Å². The third kappa shape index (κ3) is 3.91. The Morgan fingerprint density at radius 3 is 2.65 bits per heavy atom. The quantitative estimate of drug-likeness (QED) is 0.492. The summed E-state index contributed by atoms with van der Waals surface area (Å²) in [6, 6.07) is 9.70. The van der Waals surface area contributed by atoms with Gasteiger partial charge in [0.15, 0.2) is 16.3 Å². The zero-order valence-electron chi connectivity index (χ0n) is 18.1. The van der Waals surface area contributed by atoms with Gasteiger partial charge in [0.1, 0.15) is 0 Å². The van der Waals surface area contributed by atoms with E-state index in [1.807, 2.05) is 0 Å². The predicted octanol–water partition coefficient (Wildman–Crippen LogP) is 3.83. The molecule has 1 atom stereocenters. The first kappa shape index (κ1) is 22.7. The van der Waals surface area contributed by atoms with Crippen LogP contribution in [0.15, 0.2) is 57.5 Å². The van der Waals surface area contributed by atoms with Crippen molar-refractivity contribution in [2.24, 2.45) is 4.99 Å². The van der Waals surface area contributed by atoms with E-state index in [0.29, 0.717) is 47.7 Å². The van der Waals surface area contributed by atoms with Crippen molar-refractivity contribution in [3.8, 4) is 11.5 Å². The first-order valence-corrected chi connectivity index (χ1v) is 12.0. The van der Waals surface area contributed by atoms with Crippen molar-refractivity contribution in [2.75, 3.05) is 13.4 Å². The molecule has 1 unspecified atom stereocenters. The largest absolute Gasteiger partial charge is 0.463 e. The van der Waals surface area contributed by atoms with E-state index in [1.54, 1.807) is 56.3 Å². The molecule has 34 heavy (non-hydrogen) atoms. The van der Waals surface area contributed by atoms with Crippen LogP contribution in [0, 0.1) is 0 Å². The molecule has 0 aliphatic carbocycles. The second-order valence-electron chi connectivity index (χ2n) is 7.58. The van der Waals surface area contributed by atoms with Gasteiger partial charge in [-0.05, 0) is 49.2 Å². The van der Waals surface area contributed by atoms with Gasteiger partial charge in [-0.3, -0.25) is 9.36 Å². The molecule has 174 valence electrons. The minimum absolute atomic E-state index is 0.119. The minimum atomic E-state index is -0.707. The number of hydrogen-bond donors (Lipinski definition) is 0. The Labute approximate surface area is 208 Å². The SMILES string of the molecule is CCOC(=O)C1=C(C)N=c2sc(=Cc3cc4c(cc3Cl)OCO4)c(=O)n2C1c1ccc(Cl)cc1. The van der Waals surface area contributed by atoms with Gasteiger partial charge in [0.05, 0.1) is 33.5 Å². The molecule has 5 rings (SSSR count). The molecule has 7 nitrogen and oxygen atoms in total. The Morgan fingerprint density at radius 2 is 1.94 bits per heavy atom. The van der Waals surface area contributed by atoms with Crippen molar-refractivity contribution in [2.45, 2.75) is 19.9 Å². The highest BCUT2D eigenvalue weighted by molar-refractivity contribution is 7.07. The second kappa shape index (κ2) is 8.94. The Balaban J connectivity index is 1.71. The molecular weight excluding hydrogens is 499 g/mol. The van der Waals surface area contributed by atoms with Crippen LogP contribution in [0.2, 0.25) is 10.0 Å². The molecule has 2 aliphatic rings. The summed E-state index contributed by atoms with van der Waals surface area (Å²) in [5.41, 5.74) is 1.83. The number of benzene rings is 2. The number of hydrogen-bond acceptors (Lipinski definition) is 7. The van der Waals surface area contributed by atoms with Gasteiger partial charge in [-0.1, -0.05) is 46.7 Å². The zero-order chi connectivity index (χ0) is 24.0. The topological polar surface area (TPSA) is 79.1 Å². The van der Waals surface area contributed by atoms with Crippen LogP contribution >= 0.6 is 34.5 Å². The third-order valence-electron chi connectivity index (χ3n) is 5.48. The Hall–Kier alpha value is -3.07. The fraction of sp³-hybridized carbons (Fsp3) is 0.208. The van der Waals surface area contributed by atoms with Crippen LogP contribution < -0.4 is 24.4 Å². The molecule has 0 radical (unpaired) electrons. The van der Waals surface area contributed by atoms with Gasteiger partial charge in [0.25, 0.3) is 5.56 Å². The van der Waals surface area contributed by atoms with Crippen LogP contribution in [-0.4, -0.2) is 23.9 Å². The monoisotopic (exact) mass is 516 g/mol. The molecule has 10 heteroatoms. The third-order valence-corrected chi connectivity index (χ3v) is 7.04. The molecule has 0 N–H and O–H groups in total. The molecular formula is C24H18Cl2N2O5S. The lowest BCUT2D eigenvalue weighted by atomic mass is 9.96. The molecule has 2 aliphatic heterocycles. The molecule has 0 spiro atoms. The maximum Gasteiger partial charge on any atom is 0.338 e. The highest BCUT2D eigenvalue weighted by Gasteiger charge is 2.33. The number of carbonyl (C=O) groups excluding carboxylic acids is 1. The van der Waals surface area contributed by atoms with Gasteiger partial charge in [0.2, 0.25) is 6.79 Å². The number of rotatable bonds is 4. The molecule has 0 bridgehead atoms. The van der Waals surface area contributed by atoms with Crippen molar-refractivity contribution >= 4 is 46.6 Å². The van der Waals surface area contributed by atoms with E-state index in [-0.39, 0.29) is 19.0 Å². The van der Waals surface area contributed by atoms with Crippen LogP contribution in [0.1, 0.15) is 31.0 Å². The summed E-state index contributed by atoms with van der Waals surface area (Å²) in [6.45, 7) is 3.79. The van der Waals surface area contributed by atoms with E-state index in [0.717, 1.165) is 5.56 Å². The van der Waals surface area contributed by atoms with Gasteiger partial charge in [0, 0.05) is 11.1 Å². The molecule has 0 fully saturated rings. The van der Waals surface area contributed by atoms with Crippen LogP contribution in [0.4, 0.5) is 0 Å². The first-order valence-electron chi connectivity index (χ1n) is 10.4. The van der Waals surface area contributed by atoms with E-state index in [1.165, 1.54) is 15.9 Å². The maximum atomic E-state index is 13.6. The van der Waals surface area contributed by atoms with Crippen molar-refractivity contribution in [3.63, 3.8) is 0 Å². The Morgan fingerprint density at radius 1 is 1.24 bits per heavy atom. The van der Waals surface area contributed by atoms with Gasteiger partial charge < -0.3 is 14.2 Å². The summed E-state index contributed by atoms with van der Waals surface area (Å²) in [7, 11) is 0. The van der Waals surface area contributed by atoms with Crippen LogP contribution in [0.25, 0.3) is 6.08 Å². The van der Waals surface area contributed by atoms with Crippen LogP contribution in [0.5, 0.6) is 11.5 Å². The van der Waals surface area contributed by atoms with E-state index < -0.39 is 12.0 Å². The molecule has 2 aromatic carbocycles. The predicted molar refractivity (Wildman–Crippen MR) is 129 cm³/mol. The van der Waals surface area contributed by atoms with Crippen LogP contribution in [-0.2, 0) is 9.53 Å². The normalized spacial score (nSPS) is 16.9. The summed E-state index contributed by atoms with van der Waals surface area (Å²) in [5, 5.41) is 0.972. The summed E-state index contributed by atoms with van der Waals surface area (Å²) < 4.78 is 18.0. The highest BCUT2D eigenvalue weighted by Crippen LogP contribution is 2.37. The van der Waals surface area contributed by atoms with Crippen molar-refractivity contribution in [3.05, 3.63) is 88.5 Å². The smallest absolute Gasteiger partial charge is 0.338 e. The average Bonchev–Trinajstić information content (AvgIpc) is 3.37. The number of halogens is 2. The Bertz CT molecular complexity index is 1520. The van der Waals surface area contributed by atoms with Gasteiger partial charge in [-0.25, -0.2) is 9.79 Å². The van der Waals surface area contributed by atoms with E-state index in [2.05, 4.69) is 4.99 Å². The second-order valence-corrected chi connectivity index (χ2v) is 9.43. The number of nitrogens with zero attached hydrogens (tertiary/aromatic N) is 2. The number of allylic oxidation sites excluding steroid dienone is 1. The number of aromatic nitrogens is 1.